The highest BCUT2D eigenvalue weighted by Gasteiger charge is 2.03. The topological polar surface area (TPSA) is 50.4 Å². The maximum Gasteiger partial charge on any atom is 0.435 e. The minimum atomic E-state index is -0.535. The van der Waals surface area contributed by atoms with Crippen molar-refractivity contribution in [2.75, 3.05) is 11.1 Å². The maximum absolute atomic E-state index is 11.4. The van der Waals surface area contributed by atoms with E-state index in [1.807, 2.05) is 38.1 Å². The Morgan fingerprint density at radius 3 is 2.71 bits per heavy atom. The predicted molar refractivity (Wildman–Crippen MR) is 71.6 cm³/mol. The summed E-state index contributed by atoms with van der Waals surface area (Å²) in [5.74, 6) is 0.913. The summed E-state index contributed by atoms with van der Waals surface area (Å²) in [7, 11) is 0. The Kier molecular flexibility index (Phi) is 6.03. The van der Waals surface area contributed by atoms with Gasteiger partial charge in [-0.05, 0) is 24.8 Å². The zero-order valence-corrected chi connectivity index (χ0v) is 10.7. The number of hydrogen-bond acceptors (Lipinski definition) is 4. The largest absolute Gasteiger partial charge is 0.435 e. The van der Waals surface area contributed by atoms with Gasteiger partial charge in [0.1, 0.15) is 5.03 Å². The molecule has 17 heavy (non-hydrogen) atoms. The Labute approximate surface area is 105 Å². The molecule has 0 aliphatic rings. The van der Waals surface area contributed by atoms with E-state index in [1.165, 1.54) is 0 Å². The van der Waals surface area contributed by atoms with Crippen LogP contribution in [0.1, 0.15) is 13.8 Å². The summed E-state index contributed by atoms with van der Waals surface area (Å²) in [6, 6.07) is 9.14. The van der Waals surface area contributed by atoms with E-state index in [1.54, 1.807) is 23.9 Å². The fourth-order valence-electron chi connectivity index (χ4n) is 1.09. The second kappa shape index (κ2) is 7.62. The number of hydroxylamine groups is 1. The van der Waals surface area contributed by atoms with E-state index in [9.17, 15) is 4.79 Å². The smallest absolute Gasteiger partial charge is 0.324 e. The van der Waals surface area contributed by atoms with Gasteiger partial charge in [0.25, 0.3) is 0 Å². The summed E-state index contributed by atoms with van der Waals surface area (Å²) in [4.78, 5) is 16.3. The number of hydrogen-bond donors (Lipinski definition) is 2. The van der Waals surface area contributed by atoms with Gasteiger partial charge in [-0.15, -0.1) is 11.8 Å². The summed E-state index contributed by atoms with van der Waals surface area (Å²) < 4.78 is 0. The summed E-state index contributed by atoms with van der Waals surface area (Å²) in [5.41, 5.74) is 3.30. The molecule has 1 amide bonds. The van der Waals surface area contributed by atoms with Crippen LogP contribution in [0, 0.1) is 0 Å². The van der Waals surface area contributed by atoms with Crippen LogP contribution in [0.15, 0.2) is 41.4 Å². The minimum Gasteiger partial charge on any atom is -0.324 e. The van der Waals surface area contributed by atoms with Gasteiger partial charge in [-0.25, -0.2) is 10.3 Å². The average Bonchev–Trinajstić information content (AvgIpc) is 2.35. The standard InChI is InChI=1S/C12H16N2O2S/c1-3-11(17-4-2)14-16-12(15)13-10-8-6-5-7-9-10/h3,5-9,14H,4H2,1-2H3,(H,13,15)/b11-3-. The molecule has 1 aromatic rings. The Morgan fingerprint density at radius 2 is 2.12 bits per heavy atom. The molecule has 0 aromatic heterocycles. The van der Waals surface area contributed by atoms with Crippen LogP contribution in [0.5, 0.6) is 0 Å². The van der Waals surface area contributed by atoms with Crippen molar-refractivity contribution in [2.45, 2.75) is 13.8 Å². The molecule has 4 nitrogen and oxygen atoms in total. The Morgan fingerprint density at radius 1 is 1.41 bits per heavy atom. The van der Waals surface area contributed by atoms with Gasteiger partial charge in [-0.2, -0.15) is 0 Å². The third-order valence-electron chi connectivity index (χ3n) is 1.83. The number of carbonyl (C=O) groups is 1. The predicted octanol–water partition coefficient (Wildman–Crippen LogP) is 3.35. The van der Waals surface area contributed by atoms with E-state index in [2.05, 4.69) is 10.8 Å². The van der Waals surface area contributed by atoms with E-state index in [0.29, 0.717) is 5.69 Å². The summed E-state index contributed by atoms with van der Waals surface area (Å²) >= 11 is 1.57. The summed E-state index contributed by atoms with van der Waals surface area (Å²) in [6.07, 6.45) is 1.32. The molecule has 92 valence electrons. The third kappa shape index (κ3) is 5.31. The molecule has 1 rings (SSSR count). The van der Waals surface area contributed by atoms with Gasteiger partial charge >= 0.3 is 6.09 Å². The molecule has 0 atom stereocenters. The maximum atomic E-state index is 11.4. The highest BCUT2D eigenvalue weighted by Crippen LogP contribution is 2.11. The van der Waals surface area contributed by atoms with E-state index in [-0.39, 0.29) is 0 Å². The van der Waals surface area contributed by atoms with Gasteiger partial charge < -0.3 is 4.84 Å². The van der Waals surface area contributed by atoms with Gasteiger partial charge in [-0.1, -0.05) is 31.2 Å². The lowest BCUT2D eigenvalue weighted by molar-refractivity contribution is 0.124. The first-order chi connectivity index (χ1) is 8.26. The van der Waals surface area contributed by atoms with E-state index >= 15 is 0 Å². The fraction of sp³-hybridized carbons (Fsp3) is 0.250. The van der Waals surface area contributed by atoms with Crippen molar-refractivity contribution < 1.29 is 9.63 Å². The van der Waals surface area contributed by atoms with Crippen LogP contribution in [0.4, 0.5) is 10.5 Å². The Hall–Kier alpha value is -1.62. The van der Waals surface area contributed by atoms with Gasteiger partial charge in [0.15, 0.2) is 0 Å². The van der Waals surface area contributed by atoms with Crippen LogP contribution in [0.25, 0.3) is 0 Å². The van der Waals surface area contributed by atoms with E-state index in [4.69, 9.17) is 4.84 Å². The van der Waals surface area contributed by atoms with Gasteiger partial charge in [-0.3, -0.25) is 5.32 Å². The van der Waals surface area contributed by atoms with Crippen LogP contribution in [0.2, 0.25) is 0 Å². The lowest BCUT2D eigenvalue weighted by Gasteiger charge is -2.09. The summed E-state index contributed by atoms with van der Waals surface area (Å²) in [5, 5.41) is 3.42. The quantitative estimate of drug-likeness (QED) is 0.789. The number of thioether (sulfide) groups is 1. The molecular formula is C12H16N2O2S. The highest BCUT2D eigenvalue weighted by atomic mass is 32.2. The van der Waals surface area contributed by atoms with Crippen molar-refractivity contribution in [1.29, 1.82) is 0 Å². The third-order valence-corrected chi connectivity index (χ3v) is 2.75. The molecule has 1 aromatic carbocycles. The Bertz CT molecular complexity index is 379. The highest BCUT2D eigenvalue weighted by molar-refractivity contribution is 8.02. The number of benzene rings is 1. The number of para-hydroxylation sites is 1. The number of anilines is 1. The molecule has 0 heterocycles. The second-order valence-corrected chi connectivity index (χ2v) is 4.37. The number of allylic oxidation sites excluding steroid dienone is 1. The van der Waals surface area contributed by atoms with Crippen molar-refractivity contribution in [3.63, 3.8) is 0 Å². The lowest BCUT2D eigenvalue weighted by Crippen LogP contribution is -2.22. The van der Waals surface area contributed by atoms with Crippen LogP contribution in [0.3, 0.4) is 0 Å². The van der Waals surface area contributed by atoms with Crippen LogP contribution < -0.4 is 10.8 Å². The molecule has 0 radical (unpaired) electrons. The first kappa shape index (κ1) is 13.4. The molecule has 0 unspecified atom stereocenters. The van der Waals surface area contributed by atoms with Crippen LogP contribution in [-0.4, -0.2) is 11.8 Å². The van der Waals surface area contributed by atoms with Crippen molar-refractivity contribution in [3.05, 3.63) is 41.4 Å². The first-order valence-corrected chi connectivity index (χ1v) is 6.32. The number of amides is 1. The molecule has 0 bridgehead atoms. The minimum absolute atomic E-state index is 0.535. The lowest BCUT2D eigenvalue weighted by atomic mass is 10.3. The van der Waals surface area contributed by atoms with Gasteiger partial charge in [0, 0.05) is 5.69 Å². The first-order valence-electron chi connectivity index (χ1n) is 5.34. The SMILES string of the molecule is C/C=C(/NOC(=O)Nc1ccccc1)SCC. The number of carbonyl (C=O) groups excluding carboxylic acids is 1. The van der Waals surface area contributed by atoms with Crippen molar-refractivity contribution >= 4 is 23.5 Å². The zero-order chi connectivity index (χ0) is 12.5. The fourth-order valence-corrected chi connectivity index (χ4v) is 1.67. The molecule has 5 heteroatoms. The van der Waals surface area contributed by atoms with Crippen molar-refractivity contribution in [1.82, 2.24) is 5.48 Å². The van der Waals surface area contributed by atoms with Crippen molar-refractivity contribution in [2.24, 2.45) is 0 Å². The monoisotopic (exact) mass is 252 g/mol. The number of nitrogens with one attached hydrogen (secondary N) is 2. The Balaban J connectivity index is 2.35. The molecular weight excluding hydrogens is 236 g/mol. The normalized spacial score (nSPS) is 10.8. The second-order valence-electron chi connectivity index (χ2n) is 3.07. The molecule has 0 spiro atoms. The van der Waals surface area contributed by atoms with E-state index in [0.717, 1.165) is 10.8 Å². The van der Waals surface area contributed by atoms with Gasteiger partial charge in [0.2, 0.25) is 0 Å². The average molecular weight is 252 g/mol. The molecule has 0 saturated carbocycles. The molecule has 0 saturated heterocycles. The number of rotatable bonds is 5. The van der Waals surface area contributed by atoms with E-state index < -0.39 is 6.09 Å². The summed E-state index contributed by atoms with van der Waals surface area (Å²) in [6.45, 7) is 3.91. The molecule has 0 aliphatic heterocycles. The van der Waals surface area contributed by atoms with Crippen LogP contribution in [-0.2, 0) is 4.84 Å². The van der Waals surface area contributed by atoms with Crippen LogP contribution >= 0.6 is 11.8 Å². The zero-order valence-electron chi connectivity index (χ0n) is 9.90. The molecule has 2 N–H and O–H groups in total. The molecule has 0 aliphatic carbocycles. The van der Waals surface area contributed by atoms with Gasteiger partial charge in [0.05, 0.1) is 0 Å². The van der Waals surface area contributed by atoms with Crippen molar-refractivity contribution in [3.8, 4) is 0 Å². The molecule has 0 fully saturated rings.